The van der Waals surface area contributed by atoms with Gasteiger partial charge in [-0.25, -0.2) is 0 Å². The highest BCUT2D eigenvalue weighted by Gasteiger charge is 2.89. The Bertz CT molecular complexity index is 833. The van der Waals surface area contributed by atoms with Gasteiger partial charge in [0.15, 0.2) is 11.6 Å². The van der Waals surface area contributed by atoms with Gasteiger partial charge in [-0.15, -0.1) is 0 Å². The maximum Gasteiger partial charge on any atom is 0.213 e. The summed E-state index contributed by atoms with van der Waals surface area (Å²) in [6.07, 6.45) is 0.996. The Morgan fingerprint density at radius 3 is 2.55 bits per heavy atom. The number of fused-ring (bicyclic) bond motifs is 1. The zero-order valence-corrected chi connectivity index (χ0v) is 17.7. The van der Waals surface area contributed by atoms with Gasteiger partial charge in [0.25, 0.3) is 0 Å². The SMILES string of the molecule is C=C1C(=O)[C@@]23C4CC[C@@H]1[C@H]2OC(C)(C)OC31OC[C@@]42[C@H]([C@@H]1O)C(C)(C)CC[C@@H]2O. The summed E-state index contributed by atoms with van der Waals surface area (Å²) >= 11 is 0. The molecule has 29 heavy (non-hydrogen) atoms. The molecule has 0 radical (unpaired) electrons. The van der Waals surface area contributed by atoms with Gasteiger partial charge in [0, 0.05) is 17.3 Å². The molecule has 7 aliphatic rings. The van der Waals surface area contributed by atoms with Gasteiger partial charge in [-0.2, -0.15) is 0 Å². The van der Waals surface area contributed by atoms with Crippen molar-refractivity contribution in [3.8, 4) is 0 Å². The molecule has 7 rings (SSSR count). The molecule has 4 aliphatic carbocycles. The minimum atomic E-state index is -1.46. The number of hydrogen-bond donors (Lipinski definition) is 2. The standard InChI is InChI=1S/C23H32O6/c1-11-12-6-7-13-21-10-27-23(17(26)15(21)19(2,3)9-8-14(21)24)22(13,16(11)25)18(12)28-20(4,5)29-23/h12-15,17-18,24,26H,1,6-10H2,2-5H3/t12-,13?,14-,15+,17-,18+,21+,22-,23?/m0/s1. The Kier molecular flexibility index (Phi) is 3.26. The molecule has 0 aromatic carbocycles. The van der Waals surface area contributed by atoms with Gasteiger partial charge in [0.2, 0.25) is 5.79 Å². The quantitative estimate of drug-likeness (QED) is 0.602. The monoisotopic (exact) mass is 404 g/mol. The zero-order valence-electron chi connectivity index (χ0n) is 17.7. The Balaban J connectivity index is 1.68. The lowest BCUT2D eigenvalue weighted by Gasteiger charge is -2.77. The highest BCUT2D eigenvalue weighted by Crippen LogP contribution is 2.79. The lowest BCUT2D eigenvalue weighted by Crippen LogP contribution is -2.88. The zero-order chi connectivity index (χ0) is 20.8. The number of ketones is 1. The van der Waals surface area contributed by atoms with Crippen LogP contribution in [0.25, 0.3) is 0 Å². The van der Waals surface area contributed by atoms with Gasteiger partial charge >= 0.3 is 0 Å². The van der Waals surface area contributed by atoms with Crippen LogP contribution in [0.2, 0.25) is 0 Å². The van der Waals surface area contributed by atoms with E-state index in [1.807, 2.05) is 13.8 Å². The molecule has 3 saturated heterocycles. The predicted octanol–water partition coefficient (Wildman–Crippen LogP) is 2.17. The van der Waals surface area contributed by atoms with Crippen molar-refractivity contribution in [3.63, 3.8) is 0 Å². The van der Waals surface area contributed by atoms with Crippen LogP contribution in [0.5, 0.6) is 0 Å². The van der Waals surface area contributed by atoms with Gasteiger partial charge < -0.3 is 24.4 Å². The molecule has 3 aliphatic heterocycles. The molecule has 2 unspecified atom stereocenters. The third-order valence-electron chi connectivity index (χ3n) is 9.62. The van der Waals surface area contributed by atoms with Crippen LogP contribution in [0.1, 0.15) is 53.4 Å². The number of aliphatic hydroxyl groups excluding tert-OH is 2. The van der Waals surface area contributed by atoms with Crippen LogP contribution in [0.4, 0.5) is 0 Å². The minimum Gasteiger partial charge on any atom is -0.392 e. The molecule has 6 nitrogen and oxygen atoms in total. The van der Waals surface area contributed by atoms with Gasteiger partial charge in [0.1, 0.15) is 11.5 Å². The fourth-order valence-electron chi connectivity index (χ4n) is 8.88. The van der Waals surface area contributed by atoms with Crippen molar-refractivity contribution in [1.29, 1.82) is 0 Å². The predicted molar refractivity (Wildman–Crippen MR) is 102 cm³/mol. The molecule has 9 atom stereocenters. The Labute approximate surface area is 171 Å². The van der Waals surface area contributed by atoms with E-state index in [2.05, 4.69) is 20.4 Å². The van der Waals surface area contributed by atoms with Crippen molar-refractivity contribution in [2.45, 2.75) is 83.3 Å². The van der Waals surface area contributed by atoms with Crippen molar-refractivity contribution in [2.75, 3.05) is 6.61 Å². The minimum absolute atomic E-state index is 0.0855. The fraction of sp³-hybridized carbons (Fsp3) is 0.870. The van der Waals surface area contributed by atoms with E-state index in [1.54, 1.807) is 0 Å². The molecule has 6 heteroatoms. The van der Waals surface area contributed by atoms with E-state index in [0.717, 1.165) is 19.3 Å². The molecule has 160 valence electrons. The van der Waals surface area contributed by atoms with Crippen LogP contribution >= 0.6 is 0 Å². The summed E-state index contributed by atoms with van der Waals surface area (Å²) < 4.78 is 19.3. The maximum absolute atomic E-state index is 13.9. The topological polar surface area (TPSA) is 85.2 Å². The molecule has 4 saturated carbocycles. The van der Waals surface area contributed by atoms with Gasteiger partial charge in [-0.1, -0.05) is 20.4 Å². The molecule has 3 spiro atoms. The molecule has 0 amide bonds. The van der Waals surface area contributed by atoms with Crippen molar-refractivity contribution >= 4 is 5.78 Å². The Hall–Kier alpha value is -0.790. The molecule has 3 heterocycles. The third kappa shape index (κ3) is 1.69. The molecular formula is C23H32O6. The highest BCUT2D eigenvalue weighted by molar-refractivity contribution is 6.05. The second-order valence-electron chi connectivity index (χ2n) is 11.5. The van der Waals surface area contributed by atoms with E-state index in [1.165, 1.54) is 0 Å². The average Bonchev–Trinajstić information content (AvgIpc) is 2.75. The summed E-state index contributed by atoms with van der Waals surface area (Å²) in [4.78, 5) is 13.9. The van der Waals surface area contributed by atoms with E-state index in [0.29, 0.717) is 18.6 Å². The van der Waals surface area contributed by atoms with E-state index >= 15 is 0 Å². The van der Waals surface area contributed by atoms with Crippen LogP contribution in [0.15, 0.2) is 12.2 Å². The van der Waals surface area contributed by atoms with E-state index in [9.17, 15) is 15.0 Å². The fourth-order valence-corrected chi connectivity index (χ4v) is 8.88. The largest absolute Gasteiger partial charge is 0.392 e. The van der Waals surface area contributed by atoms with Crippen molar-refractivity contribution in [2.24, 2.45) is 34.0 Å². The summed E-state index contributed by atoms with van der Waals surface area (Å²) in [5.74, 6) is -2.99. The van der Waals surface area contributed by atoms with Crippen LogP contribution in [-0.2, 0) is 19.0 Å². The first kappa shape index (κ1) is 18.9. The number of aliphatic hydroxyl groups is 2. The van der Waals surface area contributed by atoms with Crippen LogP contribution < -0.4 is 0 Å². The number of hydrogen-bond acceptors (Lipinski definition) is 6. The summed E-state index contributed by atoms with van der Waals surface area (Å²) in [5, 5.41) is 23.3. The molecule has 4 bridgehead atoms. The second-order valence-corrected chi connectivity index (χ2v) is 11.5. The van der Waals surface area contributed by atoms with Gasteiger partial charge in [-0.3, -0.25) is 4.79 Å². The summed E-state index contributed by atoms with van der Waals surface area (Å²) in [5.41, 5.74) is -1.45. The maximum atomic E-state index is 13.9. The van der Waals surface area contributed by atoms with Crippen molar-refractivity contribution in [1.82, 2.24) is 0 Å². The number of rotatable bonds is 0. The average molecular weight is 405 g/mol. The molecular weight excluding hydrogens is 372 g/mol. The smallest absolute Gasteiger partial charge is 0.213 e. The Morgan fingerprint density at radius 1 is 1.10 bits per heavy atom. The van der Waals surface area contributed by atoms with Crippen LogP contribution in [0.3, 0.4) is 0 Å². The van der Waals surface area contributed by atoms with Crippen molar-refractivity contribution < 1.29 is 29.2 Å². The second kappa shape index (κ2) is 4.99. The summed E-state index contributed by atoms with van der Waals surface area (Å²) in [6.45, 7) is 12.4. The highest BCUT2D eigenvalue weighted by atomic mass is 16.8. The normalized spacial score (nSPS) is 58.7. The number of ether oxygens (including phenoxy) is 3. The lowest BCUT2D eigenvalue weighted by atomic mass is 9.35. The third-order valence-corrected chi connectivity index (χ3v) is 9.62. The van der Waals surface area contributed by atoms with Crippen molar-refractivity contribution in [3.05, 3.63) is 12.2 Å². The van der Waals surface area contributed by atoms with Crippen LogP contribution in [0, 0.1) is 34.0 Å². The number of carbonyl (C=O) groups is 1. The first-order valence-corrected chi connectivity index (χ1v) is 11.1. The Morgan fingerprint density at radius 2 is 1.83 bits per heavy atom. The van der Waals surface area contributed by atoms with Gasteiger partial charge in [0.05, 0.1) is 18.8 Å². The summed E-state index contributed by atoms with van der Waals surface area (Å²) in [6, 6.07) is 0. The molecule has 2 N–H and O–H groups in total. The number of carbonyl (C=O) groups excluding carboxylic acids is 1. The first-order valence-electron chi connectivity index (χ1n) is 11.1. The van der Waals surface area contributed by atoms with Gasteiger partial charge in [-0.05, 0) is 56.4 Å². The lowest BCUT2D eigenvalue weighted by molar-refractivity contribution is -0.534. The summed E-state index contributed by atoms with van der Waals surface area (Å²) in [7, 11) is 0. The first-order chi connectivity index (χ1) is 13.5. The van der Waals surface area contributed by atoms with E-state index in [4.69, 9.17) is 14.2 Å². The molecule has 0 aromatic heterocycles. The van der Waals surface area contributed by atoms with E-state index < -0.39 is 40.7 Å². The molecule has 0 aromatic rings. The number of Topliss-reactive ketones (excluding diaryl/α,β-unsaturated/α-hetero) is 1. The molecule has 7 fully saturated rings. The van der Waals surface area contributed by atoms with Crippen LogP contribution in [-0.4, -0.2) is 52.5 Å². The van der Waals surface area contributed by atoms with E-state index in [-0.39, 0.29) is 29.0 Å².